The van der Waals surface area contributed by atoms with E-state index in [9.17, 15) is 14.7 Å². The summed E-state index contributed by atoms with van der Waals surface area (Å²) in [5.74, 6) is 0.271. The normalized spacial score (nSPS) is 22.7. The van der Waals surface area contributed by atoms with Crippen molar-refractivity contribution in [1.29, 1.82) is 0 Å². The Morgan fingerprint density at radius 1 is 1.40 bits per heavy atom. The third-order valence-corrected chi connectivity index (χ3v) is 4.03. The van der Waals surface area contributed by atoms with Gasteiger partial charge in [-0.05, 0) is 19.8 Å². The number of aromatic nitrogens is 2. The van der Waals surface area contributed by atoms with Crippen molar-refractivity contribution in [3.63, 3.8) is 0 Å². The Morgan fingerprint density at radius 2 is 2.10 bits per heavy atom. The molecule has 1 saturated carbocycles. The summed E-state index contributed by atoms with van der Waals surface area (Å²) < 4.78 is 1.32. The smallest absolute Gasteiger partial charge is 0.330 e. The molecule has 1 heterocycles. The molecule has 1 aliphatic rings. The summed E-state index contributed by atoms with van der Waals surface area (Å²) in [6.07, 6.45) is 3.96. The highest BCUT2D eigenvalue weighted by molar-refractivity contribution is 5.61. The molecular formula is C13H22N4O3. The lowest BCUT2D eigenvalue weighted by molar-refractivity contribution is 0.178. The number of aliphatic hydroxyl groups is 1. The Balaban J connectivity index is 2.33. The van der Waals surface area contributed by atoms with Crippen molar-refractivity contribution in [1.82, 2.24) is 9.55 Å². The summed E-state index contributed by atoms with van der Waals surface area (Å²) in [5.41, 5.74) is 5.15. The Hall–Kier alpha value is -1.76. The van der Waals surface area contributed by atoms with Crippen molar-refractivity contribution in [2.24, 2.45) is 5.92 Å². The third kappa shape index (κ3) is 2.72. The fraction of sp³-hybridized carbons (Fsp3) is 0.692. The van der Waals surface area contributed by atoms with Crippen molar-refractivity contribution in [2.75, 3.05) is 17.7 Å². The maximum atomic E-state index is 11.9. The minimum absolute atomic E-state index is 0.0139. The second-order valence-corrected chi connectivity index (χ2v) is 5.24. The van der Waals surface area contributed by atoms with Gasteiger partial charge in [0.25, 0.3) is 5.56 Å². The van der Waals surface area contributed by atoms with Crippen molar-refractivity contribution in [3.8, 4) is 0 Å². The number of rotatable bonds is 4. The van der Waals surface area contributed by atoms with Crippen LogP contribution in [0, 0.1) is 5.92 Å². The van der Waals surface area contributed by atoms with Gasteiger partial charge in [0.2, 0.25) is 0 Å². The summed E-state index contributed by atoms with van der Waals surface area (Å²) in [4.78, 5) is 25.8. The number of hydrogen-bond donors (Lipinski definition) is 4. The van der Waals surface area contributed by atoms with Crippen LogP contribution in [-0.4, -0.2) is 27.3 Å². The first-order chi connectivity index (χ1) is 9.58. The Bertz CT molecular complexity index is 578. The van der Waals surface area contributed by atoms with Gasteiger partial charge in [-0.2, -0.15) is 0 Å². The number of hydrogen-bond acceptors (Lipinski definition) is 5. The summed E-state index contributed by atoms with van der Waals surface area (Å²) in [6, 6.07) is 0.0139. The molecule has 7 heteroatoms. The molecule has 1 fully saturated rings. The van der Waals surface area contributed by atoms with E-state index in [1.807, 2.05) is 0 Å². The molecular weight excluding hydrogens is 260 g/mol. The molecule has 0 saturated heterocycles. The van der Waals surface area contributed by atoms with Crippen molar-refractivity contribution in [3.05, 3.63) is 20.8 Å². The summed E-state index contributed by atoms with van der Waals surface area (Å²) in [6.45, 7) is 2.27. The van der Waals surface area contributed by atoms with E-state index in [1.54, 1.807) is 6.92 Å². The molecule has 2 unspecified atom stereocenters. The van der Waals surface area contributed by atoms with Crippen LogP contribution in [0.5, 0.6) is 0 Å². The molecule has 2 atom stereocenters. The fourth-order valence-electron chi connectivity index (χ4n) is 2.84. The minimum atomic E-state index is -0.500. The first-order valence-corrected chi connectivity index (χ1v) is 7.08. The van der Waals surface area contributed by atoms with Gasteiger partial charge in [-0.3, -0.25) is 14.3 Å². The largest absolute Gasteiger partial charge is 0.396 e. The Labute approximate surface area is 116 Å². The Kier molecular flexibility index (Phi) is 4.49. The lowest BCUT2D eigenvalue weighted by atomic mass is 9.85. The zero-order valence-electron chi connectivity index (χ0n) is 11.7. The van der Waals surface area contributed by atoms with Gasteiger partial charge < -0.3 is 16.2 Å². The van der Waals surface area contributed by atoms with Gasteiger partial charge in [0, 0.05) is 25.1 Å². The van der Waals surface area contributed by atoms with Crippen molar-refractivity contribution < 1.29 is 5.11 Å². The van der Waals surface area contributed by atoms with E-state index in [0.29, 0.717) is 6.54 Å². The number of nitrogens with zero attached hydrogens (tertiary/aromatic N) is 1. The predicted molar refractivity (Wildman–Crippen MR) is 77.9 cm³/mol. The van der Waals surface area contributed by atoms with E-state index in [0.717, 1.165) is 25.7 Å². The molecule has 7 nitrogen and oxygen atoms in total. The van der Waals surface area contributed by atoms with Crippen LogP contribution in [0.25, 0.3) is 0 Å². The van der Waals surface area contributed by atoms with E-state index < -0.39 is 11.2 Å². The van der Waals surface area contributed by atoms with Gasteiger partial charge in [-0.1, -0.05) is 12.8 Å². The first-order valence-electron chi connectivity index (χ1n) is 7.08. The Morgan fingerprint density at radius 3 is 2.75 bits per heavy atom. The predicted octanol–water partition coefficient (Wildman–Crippen LogP) is 0.102. The summed E-state index contributed by atoms with van der Waals surface area (Å²) >= 11 is 0. The molecule has 1 aromatic rings. The highest BCUT2D eigenvalue weighted by Crippen LogP contribution is 2.27. The highest BCUT2D eigenvalue weighted by Gasteiger charge is 2.26. The molecule has 112 valence electrons. The number of nitrogens with one attached hydrogen (secondary N) is 2. The molecule has 2 rings (SSSR count). The fourth-order valence-corrected chi connectivity index (χ4v) is 2.84. The lowest BCUT2D eigenvalue weighted by Gasteiger charge is -2.31. The van der Waals surface area contributed by atoms with Crippen LogP contribution in [0.2, 0.25) is 0 Å². The van der Waals surface area contributed by atoms with Gasteiger partial charge in [0.05, 0.1) is 0 Å². The second kappa shape index (κ2) is 6.13. The van der Waals surface area contributed by atoms with E-state index in [2.05, 4.69) is 10.3 Å². The topological polar surface area (TPSA) is 113 Å². The number of aliphatic hydroxyl groups excluding tert-OH is 1. The number of nitrogen functional groups attached to an aromatic ring is 1. The zero-order valence-corrected chi connectivity index (χ0v) is 11.7. The number of anilines is 2. The molecule has 0 aliphatic heterocycles. The van der Waals surface area contributed by atoms with Gasteiger partial charge >= 0.3 is 5.69 Å². The average molecular weight is 282 g/mol. The summed E-state index contributed by atoms with van der Waals surface area (Å²) in [5, 5.41) is 12.5. The highest BCUT2D eigenvalue weighted by atomic mass is 16.3. The van der Waals surface area contributed by atoms with Crippen LogP contribution >= 0.6 is 0 Å². The molecule has 0 spiro atoms. The zero-order chi connectivity index (χ0) is 14.7. The van der Waals surface area contributed by atoms with Crippen molar-refractivity contribution >= 4 is 11.5 Å². The molecule has 5 N–H and O–H groups in total. The van der Waals surface area contributed by atoms with E-state index in [-0.39, 0.29) is 30.1 Å². The monoisotopic (exact) mass is 282 g/mol. The number of nitrogens with two attached hydrogens (primary N) is 1. The van der Waals surface area contributed by atoms with Crippen LogP contribution in [0.4, 0.5) is 11.5 Å². The van der Waals surface area contributed by atoms with Crippen LogP contribution in [0.3, 0.4) is 0 Å². The minimum Gasteiger partial charge on any atom is -0.396 e. The van der Waals surface area contributed by atoms with Crippen LogP contribution < -0.4 is 22.3 Å². The maximum Gasteiger partial charge on any atom is 0.330 e. The lowest BCUT2D eigenvalue weighted by Crippen LogP contribution is -2.39. The molecule has 0 aromatic carbocycles. The maximum absolute atomic E-state index is 11.9. The summed E-state index contributed by atoms with van der Waals surface area (Å²) in [7, 11) is 0. The quantitative estimate of drug-likeness (QED) is 0.625. The number of aromatic amines is 1. The van der Waals surface area contributed by atoms with Gasteiger partial charge in [-0.25, -0.2) is 4.79 Å². The van der Waals surface area contributed by atoms with Crippen molar-refractivity contribution in [2.45, 2.75) is 45.2 Å². The molecule has 0 amide bonds. The molecule has 1 aliphatic carbocycles. The second-order valence-electron chi connectivity index (χ2n) is 5.24. The van der Waals surface area contributed by atoms with E-state index in [1.165, 1.54) is 4.57 Å². The van der Waals surface area contributed by atoms with Crippen LogP contribution in [0.1, 0.15) is 32.6 Å². The third-order valence-electron chi connectivity index (χ3n) is 4.03. The molecule has 0 radical (unpaired) electrons. The molecule has 1 aromatic heterocycles. The number of H-pyrrole nitrogens is 1. The average Bonchev–Trinajstić information content (AvgIpc) is 2.44. The standard InChI is InChI=1S/C13H22N4O3/c1-2-17-11(14)10(12(19)16-13(17)20)15-9-6-4-3-5-8(9)7-18/h8-9,15,18H,2-7,14H2,1H3,(H,16,19,20). The van der Waals surface area contributed by atoms with Gasteiger partial charge in [0.1, 0.15) is 11.5 Å². The first kappa shape index (κ1) is 14.6. The molecule has 20 heavy (non-hydrogen) atoms. The van der Waals surface area contributed by atoms with Crippen LogP contribution in [-0.2, 0) is 6.54 Å². The van der Waals surface area contributed by atoms with Crippen LogP contribution in [0.15, 0.2) is 9.59 Å². The SMILES string of the molecule is CCn1c(N)c(NC2CCCCC2CO)c(=O)[nH]c1=O. The van der Waals surface area contributed by atoms with Gasteiger partial charge in [0.15, 0.2) is 0 Å². The van der Waals surface area contributed by atoms with E-state index >= 15 is 0 Å². The molecule has 0 bridgehead atoms. The van der Waals surface area contributed by atoms with Gasteiger partial charge in [-0.15, -0.1) is 0 Å². The van der Waals surface area contributed by atoms with E-state index in [4.69, 9.17) is 5.73 Å².